The molecule has 0 amide bonds. The van der Waals surface area contributed by atoms with Crippen molar-refractivity contribution in [2.24, 2.45) is 50.7 Å². The summed E-state index contributed by atoms with van der Waals surface area (Å²) in [7, 11) is 0. The summed E-state index contributed by atoms with van der Waals surface area (Å²) in [5.41, 5.74) is 0.683. The maximum absolute atomic E-state index is 12.9. The maximum Gasteiger partial charge on any atom is 0.310 e. The summed E-state index contributed by atoms with van der Waals surface area (Å²) in [4.78, 5) is 12.9. The average Bonchev–Trinajstić information content (AvgIpc) is 2.94. The number of fused-ring (bicyclic) bond motifs is 9. The van der Waals surface area contributed by atoms with Gasteiger partial charge in [0.1, 0.15) is 30.5 Å². The van der Waals surface area contributed by atoms with Crippen molar-refractivity contribution in [2.75, 3.05) is 6.61 Å². The molecule has 6 fully saturated rings. The number of carboxylic acid groups (broad SMARTS) is 1. The van der Waals surface area contributed by atoms with Gasteiger partial charge in [0.25, 0.3) is 0 Å². The van der Waals surface area contributed by atoms with Crippen LogP contribution in [0.2, 0.25) is 0 Å². The van der Waals surface area contributed by atoms with E-state index < -0.39 is 54.6 Å². The normalized spacial score (nSPS) is 57.7. The summed E-state index contributed by atoms with van der Waals surface area (Å²) in [6.45, 7) is 13.9. The lowest BCUT2D eigenvalue weighted by Gasteiger charge is -2.74. The molecule has 0 aromatic rings. The number of carbonyl (C=O) groups is 1. The van der Waals surface area contributed by atoms with Crippen LogP contribution >= 0.6 is 0 Å². The minimum Gasteiger partial charge on any atom is -0.481 e. The summed E-state index contributed by atoms with van der Waals surface area (Å²) < 4.78 is 12.8. The first-order chi connectivity index (χ1) is 20.5. The van der Waals surface area contributed by atoms with Crippen LogP contribution in [0, 0.1) is 50.7 Å². The van der Waals surface area contributed by atoms with Crippen LogP contribution in [-0.4, -0.2) is 80.3 Å². The van der Waals surface area contributed by atoms with Gasteiger partial charge < -0.3 is 35.0 Å². The maximum atomic E-state index is 12.9. The van der Waals surface area contributed by atoms with E-state index >= 15 is 0 Å². The van der Waals surface area contributed by atoms with E-state index in [0.717, 1.165) is 64.2 Å². The van der Waals surface area contributed by atoms with Gasteiger partial charge >= 0.3 is 5.97 Å². The molecule has 5 N–H and O–H groups in total. The Hall–Kier alpha value is -1.03. The fourth-order valence-electron chi connectivity index (χ4n) is 13.0. The van der Waals surface area contributed by atoms with E-state index in [4.69, 9.17) is 9.47 Å². The molecular weight excluding hydrogens is 560 g/mol. The molecule has 6 unspecified atom stereocenters. The van der Waals surface area contributed by atoms with E-state index in [1.165, 1.54) is 5.57 Å². The Labute approximate surface area is 262 Å². The number of aliphatic hydroxyl groups excluding tert-OH is 4. The van der Waals surface area contributed by atoms with Crippen LogP contribution in [0.25, 0.3) is 0 Å². The van der Waals surface area contributed by atoms with Gasteiger partial charge in [-0.2, -0.15) is 0 Å². The quantitative estimate of drug-likeness (QED) is 0.293. The van der Waals surface area contributed by atoms with E-state index in [1.807, 2.05) is 0 Å². The lowest BCUT2D eigenvalue weighted by molar-refractivity contribution is -0.374. The van der Waals surface area contributed by atoms with Crippen molar-refractivity contribution in [3.8, 4) is 0 Å². The van der Waals surface area contributed by atoms with Gasteiger partial charge in [-0.25, -0.2) is 0 Å². The molecule has 8 heteroatoms. The highest BCUT2D eigenvalue weighted by atomic mass is 16.6. The molecule has 4 saturated carbocycles. The highest BCUT2D eigenvalue weighted by Gasteiger charge is 2.73. The smallest absolute Gasteiger partial charge is 0.310 e. The second kappa shape index (κ2) is 9.76. The van der Waals surface area contributed by atoms with Gasteiger partial charge in [-0.1, -0.05) is 46.3 Å². The largest absolute Gasteiger partial charge is 0.481 e. The number of ether oxygens (including phenoxy) is 2. The molecule has 0 spiro atoms. The van der Waals surface area contributed by atoms with Gasteiger partial charge in [0, 0.05) is 5.92 Å². The van der Waals surface area contributed by atoms with E-state index in [2.05, 4.69) is 47.6 Å². The molecule has 8 nitrogen and oxygen atoms in total. The number of rotatable bonds is 3. The van der Waals surface area contributed by atoms with E-state index in [0.29, 0.717) is 11.8 Å². The van der Waals surface area contributed by atoms with Gasteiger partial charge in [-0.3, -0.25) is 4.79 Å². The molecule has 15 atom stereocenters. The summed E-state index contributed by atoms with van der Waals surface area (Å²) in [5, 5.41) is 52.0. The van der Waals surface area contributed by atoms with Gasteiger partial charge in [-0.05, 0) is 111 Å². The third-order valence-electron chi connectivity index (χ3n) is 15.8. The van der Waals surface area contributed by atoms with Crippen molar-refractivity contribution in [3.63, 3.8) is 0 Å². The predicted octanol–water partition coefficient (Wildman–Crippen LogP) is 4.46. The molecule has 7 aliphatic rings. The Balaban J connectivity index is 1.18. The molecule has 2 aliphatic heterocycles. The van der Waals surface area contributed by atoms with Crippen LogP contribution in [0.4, 0.5) is 0 Å². The van der Waals surface area contributed by atoms with E-state index in [-0.39, 0.29) is 39.1 Å². The van der Waals surface area contributed by atoms with Gasteiger partial charge in [0.05, 0.1) is 23.7 Å². The van der Waals surface area contributed by atoms with Crippen LogP contribution in [0.1, 0.15) is 106 Å². The number of hydrogen-bond acceptors (Lipinski definition) is 7. The molecule has 248 valence electrons. The molecule has 0 aromatic heterocycles. The molecule has 5 aliphatic carbocycles. The fraction of sp³-hybridized carbons (Fsp3) is 0.917. The standard InChI is InChI=1S/C36H56O8/c1-31(2)13-15-36(30(41)42)16-14-33(4)19(21(36)17-31)7-8-23-32(3)11-9-20-28(29-27(40)26(39)25(38)22(18-37)43-29)44-35(20,6)24(32)10-12-34(23,33)5/h7,20-29,37-40H,8-18H2,1-6H3,(H,41,42)/t20-,21?,22?,23?,24?,25+,26?,27?,28-,29-,32-,33-,34-,35-,36+/m1/s1. The predicted molar refractivity (Wildman–Crippen MR) is 163 cm³/mol. The first-order valence-corrected chi connectivity index (χ1v) is 17.4. The Morgan fingerprint density at radius 2 is 1.57 bits per heavy atom. The monoisotopic (exact) mass is 616 g/mol. The Morgan fingerprint density at radius 3 is 2.25 bits per heavy atom. The van der Waals surface area contributed by atoms with Crippen LogP contribution in [0.3, 0.4) is 0 Å². The number of aliphatic carboxylic acids is 1. The summed E-state index contributed by atoms with van der Waals surface area (Å²) in [6, 6.07) is 0. The second-order valence-electron chi connectivity index (χ2n) is 17.9. The van der Waals surface area contributed by atoms with Crippen LogP contribution < -0.4 is 0 Å². The molecule has 0 radical (unpaired) electrons. The van der Waals surface area contributed by atoms with Crippen molar-refractivity contribution in [3.05, 3.63) is 11.6 Å². The van der Waals surface area contributed by atoms with Crippen molar-refractivity contribution in [1.82, 2.24) is 0 Å². The number of aliphatic hydroxyl groups is 4. The first-order valence-electron chi connectivity index (χ1n) is 17.4. The zero-order valence-corrected chi connectivity index (χ0v) is 27.6. The summed E-state index contributed by atoms with van der Waals surface area (Å²) >= 11 is 0. The first kappa shape index (κ1) is 31.6. The van der Waals surface area contributed by atoms with Gasteiger partial charge in [0.15, 0.2) is 0 Å². The fourth-order valence-corrected chi connectivity index (χ4v) is 13.0. The highest BCUT2D eigenvalue weighted by molar-refractivity contribution is 5.76. The number of carboxylic acids is 1. The lowest BCUT2D eigenvalue weighted by Crippen LogP contribution is -2.76. The average molecular weight is 617 g/mol. The van der Waals surface area contributed by atoms with Gasteiger partial charge in [-0.15, -0.1) is 0 Å². The van der Waals surface area contributed by atoms with Crippen molar-refractivity contribution < 1.29 is 39.8 Å². The SMILES string of the molecule is CC1(C)CC[C@]2(C(=O)O)CC[C@]3(C)C(=CCC4[C@@]5(C)CC[C@@H]6[C@H]([C@@H]7OC(CO)[C@H](O)C(O)C7O)O[C@@]6(C)C5CC[C@]43C)C2C1. The van der Waals surface area contributed by atoms with E-state index in [1.54, 1.807) is 0 Å². The van der Waals surface area contributed by atoms with Crippen LogP contribution in [-0.2, 0) is 14.3 Å². The molecular formula is C36H56O8. The Kier molecular flexibility index (Phi) is 7.00. The number of allylic oxidation sites excluding steroid dienone is 2. The summed E-state index contributed by atoms with van der Waals surface area (Å²) in [6.07, 6.45) is 5.86. The second-order valence-corrected chi connectivity index (χ2v) is 17.9. The van der Waals surface area contributed by atoms with E-state index in [9.17, 15) is 30.3 Å². The Morgan fingerprint density at radius 1 is 0.864 bits per heavy atom. The molecule has 7 rings (SSSR count). The Bertz CT molecular complexity index is 1230. The molecule has 0 aromatic carbocycles. The van der Waals surface area contributed by atoms with Crippen molar-refractivity contribution >= 4 is 5.97 Å². The number of hydrogen-bond donors (Lipinski definition) is 5. The topological polar surface area (TPSA) is 137 Å². The minimum atomic E-state index is -1.39. The third kappa shape index (κ3) is 3.82. The van der Waals surface area contributed by atoms with Gasteiger partial charge in [0.2, 0.25) is 0 Å². The third-order valence-corrected chi connectivity index (χ3v) is 15.8. The van der Waals surface area contributed by atoms with Crippen molar-refractivity contribution in [2.45, 2.75) is 148 Å². The van der Waals surface area contributed by atoms with Crippen molar-refractivity contribution in [1.29, 1.82) is 0 Å². The lowest BCUT2D eigenvalue weighted by atomic mass is 9.33. The summed E-state index contributed by atoms with van der Waals surface area (Å²) in [5.74, 6) is 0.470. The van der Waals surface area contributed by atoms with Crippen LogP contribution in [0.5, 0.6) is 0 Å². The highest BCUT2D eigenvalue weighted by Crippen LogP contribution is 2.76. The zero-order valence-electron chi connectivity index (χ0n) is 27.6. The molecule has 0 bridgehead atoms. The molecule has 2 saturated heterocycles. The van der Waals surface area contributed by atoms with Crippen LogP contribution in [0.15, 0.2) is 11.6 Å². The minimum absolute atomic E-state index is 0.0297. The zero-order chi connectivity index (χ0) is 31.8. The molecule has 2 heterocycles. The molecule has 44 heavy (non-hydrogen) atoms.